The smallest absolute Gasteiger partial charge is 0.317 e. The summed E-state index contributed by atoms with van der Waals surface area (Å²) in [6.45, 7) is 2.65. The molecule has 0 aliphatic heterocycles. The average molecular weight is 372 g/mol. The number of benzene rings is 1. The standard InChI is InChI=1S/C14H18BrN3O4/c1-2-17(8-14(19)20)11-6-10(7-11)16-12-5-9(15)3-4-13(12)18(21)22/h3-5,10-11,16H,2,6-8H2,1H3,(H,19,20). The molecule has 1 aromatic rings. The zero-order valence-electron chi connectivity index (χ0n) is 12.2. The Hall–Kier alpha value is -1.67. The predicted octanol–water partition coefficient (Wildman–Crippen LogP) is 2.71. The van der Waals surface area contributed by atoms with Gasteiger partial charge in [0.25, 0.3) is 5.69 Å². The van der Waals surface area contributed by atoms with Crippen LogP contribution in [0.1, 0.15) is 19.8 Å². The van der Waals surface area contributed by atoms with Crippen molar-refractivity contribution in [2.45, 2.75) is 31.8 Å². The molecule has 22 heavy (non-hydrogen) atoms. The number of carbonyl (C=O) groups is 1. The lowest BCUT2D eigenvalue weighted by Gasteiger charge is -2.42. The van der Waals surface area contributed by atoms with E-state index in [0.717, 1.165) is 17.3 Å². The third kappa shape index (κ3) is 3.95. The Morgan fingerprint density at radius 1 is 1.55 bits per heavy atom. The van der Waals surface area contributed by atoms with Gasteiger partial charge in [-0.2, -0.15) is 0 Å². The normalized spacial score (nSPS) is 20.5. The summed E-state index contributed by atoms with van der Waals surface area (Å²) in [5.41, 5.74) is 0.536. The Morgan fingerprint density at radius 3 is 2.77 bits per heavy atom. The molecule has 0 aromatic heterocycles. The molecule has 1 aliphatic carbocycles. The third-order valence-electron chi connectivity index (χ3n) is 3.89. The molecule has 1 saturated carbocycles. The number of hydrogen-bond acceptors (Lipinski definition) is 5. The SMILES string of the molecule is CCN(CC(=O)O)C1CC(Nc2cc(Br)ccc2[N+](=O)[O-])C1. The topological polar surface area (TPSA) is 95.7 Å². The van der Waals surface area contributed by atoms with Crippen LogP contribution in [0.3, 0.4) is 0 Å². The van der Waals surface area contributed by atoms with E-state index in [1.54, 1.807) is 12.1 Å². The van der Waals surface area contributed by atoms with Gasteiger partial charge in [-0.05, 0) is 31.5 Å². The van der Waals surface area contributed by atoms with E-state index in [0.29, 0.717) is 12.2 Å². The highest BCUT2D eigenvalue weighted by Gasteiger charge is 2.34. The minimum absolute atomic E-state index is 0.0327. The van der Waals surface area contributed by atoms with Crippen LogP contribution in [0.5, 0.6) is 0 Å². The maximum atomic E-state index is 11.0. The number of nitrogens with one attached hydrogen (secondary N) is 1. The summed E-state index contributed by atoms with van der Waals surface area (Å²) >= 11 is 3.31. The second kappa shape index (κ2) is 7.06. The first-order chi connectivity index (χ1) is 10.4. The number of rotatable bonds is 7. The number of carboxylic acids is 1. The first kappa shape index (κ1) is 16.7. The zero-order valence-corrected chi connectivity index (χ0v) is 13.7. The number of nitro benzene ring substituents is 1. The number of halogens is 1. The molecule has 0 radical (unpaired) electrons. The van der Waals surface area contributed by atoms with Crippen LogP contribution in [-0.4, -0.2) is 46.1 Å². The summed E-state index contributed by atoms with van der Waals surface area (Å²) in [4.78, 5) is 23.3. The van der Waals surface area contributed by atoms with E-state index in [4.69, 9.17) is 5.11 Å². The van der Waals surface area contributed by atoms with Crippen LogP contribution in [0.4, 0.5) is 11.4 Å². The summed E-state index contributed by atoms with van der Waals surface area (Å²) in [6, 6.07) is 5.13. The summed E-state index contributed by atoms with van der Waals surface area (Å²) in [5, 5.41) is 23.1. The van der Waals surface area contributed by atoms with Crippen molar-refractivity contribution in [3.63, 3.8) is 0 Å². The Balaban J connectivity index is 1.96. The lowest BCUT2D eigenvalue weighted by atomic mass is 9.85. The predicted molar refractivity (Wildman–Crippen MR) is 86.1 cm³/mol. The fraction of sp³-hybridized carbons (Fsp3) is 0.500. The minimum Gasteiger partial charge on any atom is -0.480 e. The van der Waals surface area contributed by atoms with E-state index < -0.39 is 10.9 Å². The Labute approximate surface area is 136 Å². The van der Waals surface area contributed by atoms with E-state index in [1.807, 2.05) is 11.8 Å². The van der Waals surface area contributed by atoms with Crippen LogP contribution < -0.4 is 5.32 Å². The molecular weight excluding hydrogens is 354 g/mol. The maximum Gasteiger partial charge on any atom is 0.317 e. The van der Waals surface area contributed by atoms with Crippen LogP contribution in [0.2, 0.25) is 0 Å². The number of aliphatic carboxylic acids is 1. The van der Waals surface area contributed by atoms with Gasteiger partial charge in [-0.25, -0.2) is 0 Å². The molecule has 0 amide bonds. The lowest BCUT2D eigenvalue weighted by molar-refractivity contribution is -0.384. The van der Waals surface area contributed by atoms with E-state index in [9.17, 15) is 14.9 Å². The van der Waals surface area contributed by atoms with Gasteiger partial charge in [0.05, 0.1) is 11.5 Å². The number of nitrogens with zero attached hydrogens (tertiary/aromatic N) is 2. The molecule has 0 bridgehead atoms. The van der Waals surface area contributed by atoms with Gasteiger partial charge in [0.2, 0.25) is 0 Å². The van der Waals surface area contributed by atoms with Crippen molar-refractivity contribution in [3.05, 3.63) is 32.8 Å². The molecule has 0 saturated heterocycles. The second-order valence-corrected chi connectivity index (χ2v) is 6.26. The van der Waals surface area contributed by atoms with Crippen molar-refractivity contribution in [2.24, 2.45) is 0 Å². The molecule has 1 aliphatic rings. The van der Waals surface area contributed by atoms with Crippen molar-refractivity contribution in [1.29, 1.82) is 0 Å². The van der Waals surface area contributed by atoms with Crippen LogP contribution in [0.15, 0.2) is 22.7 Å². The molecule has 8 heteroatoms. The third-order valence-corrected chi connectivity index (χ3v) is 4.38. The second-order valence-electron chi connectivity index (χ2n) is 5.34. The molecule has 0 heterocycles. The van der Waals surface area contributed by atoms with E-state index in [2.05, 4.69) is 21.2 Å². The van der Waals surface area contributed by atoms with Crippen molar-refractivity contribution < 1.29 is 14.8 Å². The Morgan fingerprint density at radius 2 is 2.23 bits per heavy atom. The number of anilines is 1. The largest absolute Gasteiger partial charge is 0.480 e. The van der Waals surface area contributed by atoms with Gasteiger partial charge in [-0.15, -0.1) is 0 Å². The van der Waals surface area contributed by atoms with Gasteiger partial charge in [0.15, 0.2) is 0 Å². The summed E-state index contributed by atoms with van der Waals surface area (Å²) in [7, 11) is 0. The van der Waals surface area contributed by atoms with Gasteiger partial charge in [0.1, 0.15) is 5.69 Å². The average Bonchev–Trinajstić information content (AvgIpc) is 2.39. The van der Waals surface area contributed by atoms with Gasteiger partial charge in [-0.3, -0.25) is 19.8 Å². The number of carboxylic acid groups (broad SMARTS) is 1. The van der Waals surface area contributed by atoms with Gasteiger partial charge in [0, 0.05) is 22.6 Å². The number of hydrogen-bond donors (Lipinski definition) is 2. The molecular formula is C14H18BrN3O4. The van der Waals surface area contributed by atoms with Crippen LogP contribution in [0.25, 0.3) is 0 Å². The first-order valence-corrected chi connectivity index (χ1v) is 7.86. The Bertz CT molecular complexity index is 575. The molecule has 0 spiro atoms. The van der Waals surface area contributed by atoms with Crippen LogP contribution in [-0.2, 0) is 4.79 Å². The van der Waals surface area contributed by atoms with Crippen molar-refractivity contribution in [2.75, 3.05) is 18.4 Å². The van der Waals surface area contributed by atoms with E-state index in [1.165, 1.54) is 6.07 Å². The fourth-order valence-electron chi connectivity index (χ4n) is 2.68. The summed E-state index contributed by atoms with van der Waals surface area (Å²) in [5.74, 6) is -0.833. The zero-order chi connectivity index (χ0) is 16.3. The molecule has 2 N–H and O–H groups in total. The monoisotopic (exact) mass is 371 g/mol. The van der Waals surface area contributed by atoms with Gasteiger partial charge < -0.3 is 10.4 Å². The fourth-order valence-corrected chi connectivity index (χ4v) is 3.04. The quantitative estimate of drug-likeness (QED) is 0.565. The summed E-state index contributed by atoms with van der Waals surface area (Å²) in [6.07, 6.45) is 1.57. The number of likely N-dealkylation sites (N-methyl/N-ethyl adjacent to an activating group) is 1. The minimum atomic E-state index is -0.833. The Kier molecular flexibility index (Phi) is 5.36. The molecule has 1 fully saturated rings. The highest BCUT2D eigenvalue weighted by molar-refractivity contribution is 9.10. The molecule has 0 unspecified atom stereocenters. The first-order valence-electron chi connectivity index (χ1n) is 7.07. The van der Waals surface area contributed by atoms with Crippen molar-refractivity contribution in [1.82, 2.24) is 4.90 Å². The molecule has 1 aromatic carbocycles. The summed E-state index contributed by atoms with van der Waals surface area (Å²) < 4.78 is 0.775. The van der Waals surface area contributed by atoms with Gasteiger partial charge in [-0.1, -0.05) is 22.9 Å². The highest BCUT2D eigenvalue weighted by Crippen LogP contribution is 2.33. The van der Waals surface area contributed by atoms with Crippen molar-refractivity contribution >= 4 is 33.3 Å². The van der Waals surface area contributed by atoms with Crippen molar-refractivity contribution in [3.8, 4) is 0 Å². The van der Waals surface area contributed by atoms with Crippen LogP contribution in [0, 0.1) is 10.1 Å². The molecule has 0 atom stereocenters. The lowest BCUT2D eigenvalue weighted by Crippen LogP contribution is -2.51. The molecule has 120 valence electrons. The maximum absolute atomic E-state index is 11.0. The molecule has 7 nitrogen and oxygen atoms in total. The highest BCUT2D eigenvalue weighted by atomic mass is 79.9. The van der Waals surface area contributed by atoms with E-state index >= 15 is 0 Å². The molecule has 2 rings (SSSR count). The van der Waals surface area contributed by atoms with E-state index in [-0.39, 0.29) is 24.3 Å². The number of nitro groups is 1. The van der Waals surface area contributed by atoms with Crippen LogP contribution >= 0.6 is 15.9 Å². The van der Waals surface area contributed by atoms with Gasteiger partial charge >= 0.3 is 5.97 Å².